The molecule has 0 amide bonds. The maximum atomic E-state index is 5.07. The Bertz CT molecular complexity index is 343. The molecule has 2 heterocycles. The number of hydrogen-bond acceptors (Lipinski definition) is 0. The van der Waals surface area contributed by atoms with Gasteiger partial charge in [-0.25, -0.2) is 0 Å². The van der Waals surface area contributed by atoms with Gasteiger partial charge in [-0.3, -0.25) is 0 Å². The molecule has 2 rings (SSSR count). The topological polar surface area (TPSA) is 0 Å². The third kappa shape index (κ3) is 3.63. The smallest absolute Gasteiger partial charge is 0.0741 e. The van der Waals surface area contributed by atoms with Gasteiger partial charge in [-0.05, 0) is 92.9 Å². The van der Waals surface area contributed by atoms with Crippen LogP contribution >= 0.6 is 14.5 Å². The van der Waals surface area contributed by atoms with Crippen LogP contribution in [0, 0.1) is 13.3 Å². The van der Waals surface area contributed by atoms with Crippen LogP contribution in [0.15, 0.2) is 0 Å². The van der Waals surface area contributed by atoms with Gasteiger partial charge in [-0.15, -0.1) is 14.5 Å². The summed E-state index contributed by atoms with van der Waals surface area (Å²) in [6.45, 7) is 25.5. The van der Waals surface area contributed by atoms with Crippen molar-refractivity contribution in [3.63, 3.8) is 0 Å². The lowest BCUT2D eigenvalue weighted by Gasteiger charge is -2.53. The Balaban J connectivity index is 2.33. The molecule has 2 fully saturated rings. The van der Waals surface area contributed by atoms with E-state index in [0.29, 0.717) is 0 Å². The van der Waals surface area contributed by atoms with Gasteiger partial charge < -0.3 is 0 Å². The normalized spacial score (nSPS) is 39.5. The van der Waals surface area contributed by atoms with Gasteiger partial charge in [0.2, 0.25) is 0 Å². The maximum absolute atomic E-state index is 5.07. The van der Waals surface area contributed by atoms with E-state index in [9.17, 15) is 0 Å². The molecule has 0 aliphatic carbocycles. The molecule has 0 aromatic heterocycles. The van der Waals surface area contributed by atoms with Crippen LogP contribution in [-0.4, -0.2) is 34.0 Å². The second-order valence-electron chi connectivity index (χ2n) is 9.44. The van der Waals surface area contributed by atoms with Crippen molar-refractivity contribution in [3.8, 4) is 0 Å². The summed E-state index contributed by atoms with van der Waals surface area (Å²) >= 11 is 0. The van der Waals surface area contributed by atoms with Gasteiger partial charge >= 0.3 is 0 Å². The highest BCUT2D eigenvalue weighted by molar-refractivity contribution is 7.82. The number of hydrogen-bond donors (Lipinski definition) is 0. The van der Waals surface area contributed by atoms with Gasteiger partial charge in [0.15, 0.2) is 0 Å². The minimum Gasteiger partial charge on any atom is -0.179 e. The largest absolute Gasteiger partial charge is 0.179 e. The fraction of sp³-hybridized carbons (Fsp3) is 0.909. The molecular formula is C22H44P2. The van der Waals surface area contributed by atoms with Gasteiger partial charge in [-0.1, -0.05) is 0 Å². The molecule has 2 saturated heterocycles. The standard InChI is InChI=1S/C22H44P2/c1-17-13-9-10-14-18(2)23(17,7)21(5)22(6)24(8)19(3)15-11-12-16-20(24)4/h17-22H,7-16H2,1-6H3/t17-,18-,19-,20-,21-,22?/m0/s1. The van der Waals surface area contributed by atoms with Crippen LogP contribution in [0.1, 0.15) is 92.9 Å². The fourth-order valence-corrected chi connectivity index (χ4v) is 16.7. The second-order valence-corrected chi connectivity index (χ2v) is 18.6. The van der Waals surface area contributed by atoms with E-state index in [-0.39, 0.29) is 0 Å². The SMILES string of the molecule is [CH2-][P+]1(C(C)[C@H](C)[P+]2([CH2-])[C@@H](C)CCCC[C@@H]2C)[C@@H](C)CCCC[C@@H]1C. The molecule has 2 aliphatic heterocycles. The first-order chi connectivity index (χ1) is 11.2. The maximum Gasteiger partial charge on any atom is 0.0741 e. The van der Waals surface area contributed by atoms with Crippen LogP contribution in [0.2, 0.25) is 0 Å². The van der Waals surface area contributed by atoms with E-state index in [1.54, 1.807) is 0 Å². The van der Waals surface area contributed by atoms with Crippen LogP contribution in [0.5, 0.6) is 0 Å². The van der Waals surface area contributed by atoms with Gasteiger partial charge in [0.1, 0.15) is 0 Å². The Hall–Kier alpha value is 0.860. The first-order valence-electron chi connectivity index (χ1n) is 10.6. The summed E-state index contributed by atoms with van der Waals surface area (Å²) < 4.78 is 0. The van der Waals surface area contributed by atoms with E-state index in [2.05, 4.69) is 41.5 Å². The Morgan fingerprint density at radius 1 is 0.583 bits per heavy atom. The van der Waals surface area contributed by atoms with E-state index < -0.39 is 14.5 Å². The Morgan fingerprint density at radius 2 is 0.792 bits per heavy atom. The van der Waals surface area contributed by atoms with E-state index in [0.717, 1.165) is 34.0 Å². The average Bonchev–Trinajstić information content (AvgIpc) is 2.77. The van der Waals surface area contributed by atoms with Gasteiger partial charge in [0.25, 0.3) is 0 Å². The minimum absolute atomic E-state index is 0.800. The second kappa shape index (κ2) is 8.26. The predicted molar refractivity (Wildman–Crippen MR) is 118 cm³/mol. The molecular weight excluding hydrogens is 326 g/mol. The van der Waals surface area contributed by atoms with E-state index in [1.807, 2.05) is 0 Å². The van der Waals surface area contributed by atoms with Crippen molar-refractivity contribution in [2.24, 2.45) is 0 Å². The lowest BCUT2D eigenvalue weighted by atomic mass is 10.1. The summed E-state index contributed by atoms with van der Waals surface area (Å²) in [5.74, 6) is 0. The predicted octanol–water partition coefficient (Wildman–Crippen LogP) is 8.08. The molecule has 2 heteroatoms. The highest BCUT2D eigenvalue weighted by Gasteiger charge is 2.53. The molecule has 0 radical (unpaired) electrons. The summed E-state index contributed by atoms with van der Waals surface area (Å²) in [4.78, 5) is 0. The summed E-state index contributed by atoms with van der Waals surface area (Å²) in [6, 6.07) is 0. The zero-order chi connectivity index (χ0) is 18.1. The average molecular weight is 371 g/mol. The molecule has 1 unspecified atom stereocenters. The monoisotopic (exact) mass is 370 g/mol. The van der Waals surface area contributed by atoms with Crippen molar-refractivity contribution >= 4 is 14.5 Å². The molecule has 142 valence electrons. The molecule has 0 spiro atoms. The third-order valence-corrected chi connectivity index (χ3v) is 20.2. The molecule has 2 aliphatic rings. The fourth-order valence-electron chi connectivity index (χ4n) is 6.00. The molecule has 0 aromatic carbocycles. The van der Waals surface area contributed by atoms with Gasteiger partial charge in [0.05, 0.1) is 11.3 Å². The molecule has 24 heavy (non-hydrogen) atoms. The Labute approximate surface area is 155 Å². The van der Waals surface area contributed by atoms with Gasteiger partial charge in [-0.2, -0.15) is 13.3 Å². The lowest BCUT2D eigenvalue weighted by molar-refractivity contribution is 0.662. The van der Waals surface area contributed by atoms with Gasteiger partial charge in [0, 0.05) is 22.6 Å². The summed E-state index contributed by atoms with van der Waals surface area (Å²) in [5.41, 5.74) is 5.03. The highest BCUT2D eigenvalue weighted by atomic mass is 31.2. The van der Waals surface area contributed by atoms with Crippen LogP contribution in [0.3, 0.4) is 0 Å². The summed E-state index contributed by atoms with van der Waals surface area (Å²) in [7, 11) is -2.35. The van der Waals surface area contributed by atoms with Crippen molar-refractivity contribution in [1.82, 2.24) is 0 Å². The zero-order valence-corrected chi connectivity index (χ0v) is 19.2. The molecule has 6 atom stereocenters. The third-order valence-electron chi connectivity index (χ3n) is 8.48. The first kappa shape index (κ1) is 21.2. The lowest BCUT2D eigenvalue weighted by Crippen LogP contribution is -2.37. The minimum atomic E-state index is -1.17. The van der Waals surface area contributed by atoms with Crippen molar-refractivity contribution in [2.45, 2.75) is 127 Å². The van der Waals surface area contributed by atoms with Crippen LogP contribution in [0.25, 0.3) is 0 Å². The Kier molecular flexibility index (Phi) is 7.28. The molecule has 0 bridgehead atoms. The summed E-state index contributed by atoms with van der Waals surface area (Å²) in [5, 5.41) is 0. The van der Waals surface area contributed by atoms with E-state index in [1.165, 1.54) is 51.4 Å². The van der Waals surface area contributed by atoms with Crippen LogP contribution in [0.4, 0.5) is 0 Å². The van der Waals surface area contributed by atoms with E-state index >= 15 is 0 Å². The van der Waals surface area contributed by atoms with Crippen LogP contribution in [-0.2, 0) is 0 Å². The highest BCUT2D eigenvalue weighted by Crippen LogP contribution is 2.80. The Morgan fingerprint density at radius 3 is 1.00 bits per heavy atom. The molecule has 0 N–H and O–H groups in total. The molecule has 0 saturated carbocycles. The van der Waals surface area contributed by atoms with Crippen molar-refractivity contribution in [3.05, 3.63) is 13.3 Å². The zero-order valence-electron chi connectivity index (χ0n) is 17.4. The van der Waals surface area contributed by atoms with Crippen molar-refractivity contribution in [2.75, 3.05) is 0 Å². The quantitative estimate of drug-likeness (QED) is 0.348. The summed E-state index contributed by atoms with van der Waals surface area (Å²) in [6.07, 6.45) is 11.4. The first-order valence-corrected chi connectivity index (χ1v) is 15.0. The van der Waals surface area contributed by atoms with Crippen molar-refractivity contribution < 1.29 is 0 Å². The van der Waals surface area contributed by atoms with E-state index in [4.69, 9.17) is 13.3 Å². The van der Waals surface area contributed by atoms with Crippen LogP contribution < -0.4 is 0 Å². The number of rotatable bonds is 3. The molecule has 0 aromatic rings. The molecule has 0 nitrogen and oxygen atoms in total. The van der Waals surface area contributed by atoms with Crippen molar-refractivity contribution in [1.29, 1.82) is 0 Å².